The first-order valence-corrected chi connectivity index (χ1v) is 9.86. The molecule has 1 amide bonds. The first-order valence-electron chi connectivity index (χ1n) is 9.86. The van der Waals surface area contributed by atoms with Crippen LogP contribution < -0.4 is 10.2 Å². The van der Waals surface area contributed by atoms with Gasteiger partial charge in [-0.1, -0.05) is 26.2 Å². The zero-order valence-electron chi connectivity index (χ0n) is 15.4. The quantitative estimate of drug-likeness (QED) is 0.851. The molecule has 0 bridgehead atoms. The van der Waals surface area contributed by atoms with E-state index < -0.39 is 0 Å². The van der Waals surface area contributed by atoms with Gasteiger partial charge in [0.1, 0.15) is 5.82 Å². The molecule has 25 heavy (non-hydrogen) atoms. The number of nitrogens with zero attached hydrogens (tertiary/aromatic N) is 2. The zero-order valence-corrected chi connectivity index (χ0v) is 15.4. The molecule has 5 nitrogen and oxygen atoms in total. The average molecular weight is 345 g/mol. The summed E-state index contributed by atoms with van der Waals surface area (Å²) in [5.41, 5.74) is 0.801. The summed E-state index contributed by atoms with van der Waals surface area (Å²) in [5, 5.41) is 3.06. The topological polar surface area (TPSA) is 54.5 Å². The molecule has 5 heteroatoms. The third-order valence-corrected chi connectivity index (χ3v) is 5.53. The molecule has 2 aliphatic rings. The number of pyridine rings is 1. The Labute approximate surface area is 151 Å². The van der Waals surface area contributed by atoms with Gasteiger partial charge in [0.15, 0.2) is 0 Å². The predicted octanol–water partition coefficient (Wildman–Crippen LogP) is 3.85. The van der Waals surface area contributed by atoms with Gasteiger partial charge in [-0.2, -0.15) is 0 Å². The Kier molecular flexibility index (Phi) is 6.68. The van der Waals surface area contributed by atoms with Gasteiger partial charge in [-0.15, -0.1) is 0 Å². The average Bonchev–Trinajstić information content (AvgIpc) is 2.68. The van der Waals surface area contributed by atoms with Gasteiger partial charge < -0.3 is 15.0 Å². The zero-order chi connectivity index (χ0) is 17.5. The van der Waals surface area contributed by atoms with E-state index in [9.17, 15) is 4.79 Å². The second-order valence-corrected chi connectivity index (χ2v) is 7.35. The second kappa shape index (κ2) is 9.18. The summed E-state index contributed by atoms with van der Waals surface area (Å²) in [6.07, 6.45) is 10.2. The van der Waals surface area contributed by atoms with E-state index in [0.717, 1.165) is 56.6 Å². The molecule has 0 spiro atoms. The minimum absolute atomic E-state index is 0.162. The monoisotopic (exact) mass is 345 g/mol. The molecule has 0 aromatic carbocycles. The van der Waals surface area contributed by atoms with Crippen molar-refractivity contribution in [1.82, 2.24) is 4.98 Å². The lowest BCUT2D eigenvalue weighted by atomic mass is 9.79. The van der Waals surface area contributed by atoms with Gasteiger partial charge in [-0.25, -0.2) is 4.98 Å². The molecule has 1 N–H and O–H groups in total. The molecule has 2 heterocycles. The fraction of sp³-hybridized carbons (Fsp3) is 0.700. The Morgan fingerprint density at radius 3 is 2.64 bits per heavy atom. The molecule has 0 radical (unpaired) electrons. The van der Waals surface area contributed by atoms with E-state index in [1.807, 2.05) is 12.1 Å². The van der Waals surface area contributed by atoms with E-state index in [4.69, 9.17) is 4.74 Å². The van der Waals surface area contributed by atoms with Crippen molar-refractivity contribution in [2.45, 2.75) is 51.9 Å². The van der Waals surface area contributed by atoms with Crippen LogP contribution in [0.4, 0.5) is 11.5 Å². The molecular formula is C20H31N3O2. The van der Waals surface area contributed by atoms with Crippen molar-refractivity contribution >= 4 is 17.4 Å². The van der Waals surface area contributed by atoms with Crippen molar-refractivity contribution in [2.24, 2.45) is 11.8 Å². The van der Waals surface area contributed by atoms with Crippen molar-refractivity contribution < 1.29 is 9.53 Å². The second-order valence-electron chi connectivity index (χ2n) is 7.35. The number of hydrogen-bond donors (Lipinski definition) is 1. The van der Waals surface area contributed by atoms with Gasteiger partial charge in [-0.05, 0) is 43.7 Å². The molecule has 1 saturated carbocycles. The number of anilines is 2. The Morgan fingerprint density at radius 2 is 2.00 bits per heavy atom. The van der Waals surface area contributed by atoms with Gasteiger partial charge in [0.2, 0.25) is 5.91 Å². The highest BCUT2D eigenvalue weighted by molar-refractivity contribution is 5.92. The molecule has 1 aliphatic heterocycles. The normalized spacial score (nSPS) is 24.1. The summed E-state index contributed by atoms with van der Waals surface area (Å²) in [6, 6.07) is 3.95. The summed E-state index contributed by atoms with van der Waals surface area (Å²) >= 11 is 0. The first-order chi connectivity index (χ1) is 12.3. The predicted molar refractivity (Wildman–Crippen MR) is 101 cm³/mol. The number of amides is 1. The molecule has 0 unspecified atom stereocenters. The summed E-state index contributed by atoms with van der Waals surface area (Å²) in [6.45, 7) is 5.50. The van der Waals surface area contributed by atoms with E-state index in [0.29, 0.717) is 0 Å². The van der Waals surface area contributed by atoms with Crippen LogP contribution in [0.3, 0.4) is 0 Å². The van der Waals surface area contributed by atoms with Crippen LogP contribution in [0, 0.1) is 11.8 Å². The number of nitrogens with one attached hydrogen (secondary N) is 1. The van der Waals surface area contributed by atoms with Crippen LogP contribution in [-0.4, -0.2) is 37.2 Å². The van der Waals surface area contributed by atoms with E-state index >= 15 is 0 Å². The van der Waals surface area contributed by atoms with Crippen LogP contribution in [0.25, 0.3) is 0 Å². The van der Waals surface area contributed by atoms with E-state index in [1.165, 1.54) is 32.1 Å². The van der Waals surface area contributed by atoms with E-state index in [1.54, 1.807) is 6.20 Å². The minimum atomic E-state index is 0.162. The van der Waals surface area contributed by atoms with E-state index in [-0.39, 0.29) is 11.8 Å². The van der Waals surface area contributed by atoms with Gasteiger partial charge in [0.05, 0.1) is 25.1 Å². The summed E-state index contributed by atoms with van der Waals surface area (Å²) in [7, 11) is 0. The molecule has 3 rings (SSSR count). The van der Waals surface area contributed by atoms with Gasteiger partial charge in [-0.3, -0.25) is 4.79 Å². The molecule has 0 atom stereocenters. The number of hydrogen-bond acceptors (Lipinski definition) is 4. The van der Waals surface area contributed by atoms with Gasteiger partial charge >= 0.3 is 0 Å². The van der Waals surface area contributed by atoms with Crippen LogP contribution in [0.2, 0.25) is 0 Å². The maximum Gasteiger partial charge on any atom is 0.227 e. The van der Waals surface area contributed by atoms with E-state index in [2.05, 4.69) is 22.1 Å². The van der Waals surface area contributed by atoms with Crippen molar-refractivity contribution in [3.63, 3.8) is 0 Å². The highest BCUT2D eigenvalue weighted by Crippen LogP contribution is 2.32. The number of carbonyl (C=O) groups excluding carboxylic acids is 1. The lowest BCUT2D eigenvalue weighted by molar-refractivity contribution is -0.121. The molecule has 1 aliphatic carbocycles. The molecular weight excluding hydrogens is 314 g/mol. The maximum absolute atomic E-state index is 12.5. The lowest BCUT2D eigenvalue weighted by Crippen LogP contribution is -2.36. The van der Waals surface area contributed by atoms with Crippen LogP contribution in [0.5, 0.6) is 0 Å². The highest BCUT2D eigenvalue weighted by Gasteiger charge is 2.26. The largest absolute Gasteiger partial charge is 0.378 e. The van der Waals surface area contributed by atoms with Crippen molar-refractivity contribution in [1.29, 1.82) is 0 Å². The Balaban J connectivity index is 1.46. The molecule has 1 aromatic heterocycles. The summed E-state index contributed by atoms with van der Waals surface area (Å²) in [4.78, 5) is 19.2. The minimum Gasteiger partial charge on any atom is -0.378 e. The van der Waals surface area contributed by atoms with Gasteiger partial charge in [0, 0.05) is 19.0 Å². The van der Waals surface area contributed by atoms with Crippen molar-refractivity contribution in [3.8, 4) is 0 Å². The fourth-order valence-electron chi connectivity index (χ4n) is 3.89. The molecule has 1 saturated heterocycles. The molecule has 2 fully saturated rings. The summed E-state index contributed by atoms with van der Waals surface area (Å²) in [5.74, 6) is 2.11. The highest BCUT2D eigenvalue weighted by atomic mass is 16.5. The fourth-order valence-corrected chi connectivity index (χ4v) is 3.89. The number of unbranched alkanes of at least 4 members (excludes halogenated alkanes) is 1. The number of rotatable bonds is 6. The number of carbonyl (C=O) groups is 1. The van der Waals surface area contributed by atoms with Crippen LogP contribution in [0.15, 0.2) is 18.3 Å². The maximum atomic E-state index is 12.5. The van der Waals surface area contributed by atoms with Crippen LogP contribution in [0.1, 0.15) is 51.9 Å². The third kappa shape index (κ3) is 5.18. The molecule has 1 aromatic rings. The smallest absolute Gasteiger partial charge is 0.227 e. The van der Waals surface area contributed by atoms with Gasteiger partial charge in [0.25, 0.3) is 0 Å². The Bertz CT molecular complexity index is 532. The first kappa shape index (κ1) is 18.2. The summed E-state index contributed by atoms with van der Waals surface area (Å²) < 4.78 is 5.37. The van der Waals surface area contributed by atoms with Crippen molar-refractivity contribution in [2.75, 3.05) is 36.5 Å². The Morgan fingerprint density at radius 1 is 1.24 bits per heavy atom. The van der Waals surface area contributed by atoms with Crippen LogP contribution >= 0.6 is 0 Å². The third-order valence-electron chi connectivity index (χ3n) is 5.53. The molecule has 138 valence electrons. The SMILES string of the molecule is CCCCC1CCC(C(=O)Nc2ccc(N3CCOCC3)nc2)CC1. The number of ether oxygens (including phenoxy) is 1. The van der Waals surface area contributed by atoms with Crippen LogP contribution in [-0.2, 0) is 9.53 Å². The Hall–Kier alpha value is -1.62. The standard InChI is InChI=1S/C20H31N3O2/c1-2-3-4-16-5-7-17(8-6-16)20(24)22-18-9-10-19(21-15-18)23-11-13-25-14-12-23/h9-10,15-17H,2-8,11-14H2,1H3,(H,22,24). The van der Waals surface area contributed by atoms with Crippen molar-refractivity contribution in [3.05, 3.63) is 18.3 Å². The number of morpholine rings is 1. The number of aromatic nitrogens is 1. The lowest BCUT2D eigenvalue weighted by Gasteiger charge is -2.28.